The van der Waals surface area contributed by atoms with E-state index >= 15 is 0 Å². The topological polar surface area (TPSA) is 68.0 Å². The first-order valence-corrected chi connectivity index (χ1v) is 10.4. The van der Waals surface area contributed by atoms with Gasteiger partial charge in [0.05, 0.1) is 11.3 Å². The number of rotatable bonds is 5. The molecule has 2 aromatic carbocycles. The highest BCUT2D eigenvalue weighted by Crippen LogP contribution is 2.29. The average Bonchev–Trinajstić information content (AvgIpc) is 3.05. The van der Waals surface area contributed by atoms with Crippen molar-refractivity contribution in [3.8, 4) is 11.5 Å². The van der Waals surface area contributed by atoms with Crippen molar-refractivity contribution in [2.75, 3.05) is 11.1 Å². The first-order valence-electron chi connectivity index (χ1n) is 6.99. The second kappa shape index (κ2) is 8.48. The fraction of sp³-hybridized carbons (Fsp3) is 0.0625. The fourth-order valence-corrected chi connectivity index (χ4v) is 3.55. The van der Waals surface area contributed by atoms with Gasteiger partial charge in [-0.2, -0.15) is 0 Å². The molecule has 0 radical (unpaired) electrons. The monoisotopic (exact) mass is 545 g/mol. The molecule has 0 unspecified atom stereocenters. The van der Waals surface area contributed by atoms with E-state index in [1.54, 1.807) is 0 Å². The molecule has 25 heavy (non-hydrogen) atoms. The summed E-state index contributed by atoms with van der Waals surface area (Å²) in [5.74, 6) is 0.428. The highest BCUT2D eigenvalue weighted by atomic mass is 79.9. The molecule has 1 N–H and O–H groups in total. The maximum absolute atomic E-state index is 12.1. The third-order valence-electron chi connectivity index (χ3n) is 3.04. The summed E-state index contributed by atoms with van der Waals surface area (Å²) < 4.78 is 8.26. The van der Waals surface area contributed by atoms with Crippen LogP contribution in [0.25, 0.3) is 11.5 Å². The number of hydrogen-bond acceptors (Lipinski definition) is 5. The predicted molar refractivity (Wildman–Crippen MR) is 109 cm³/mol. The summed E-state index contributed by atoms with van der Waals surface area (Å²) in [6, 6.07) is 13.1. The van der Waals surface area contributed by atoms with E-state index < -0.39 is 0 Å². The van der Waals surface area contributed by atoms with Crippen LogP contribution in [0, 0.1) is 0 Å². The van der Waals surface area contributed by atoms with Crippen LogP contribution in [0.3, 0.4) is 0 Å². The molecule has 0 saturated heterocycles. The number of hydrogen-bond donors (Lipinski definition) is 1. The van der Waals surface area contributed by atoms with Gasteiger partial charge in [0.25, 0.3) is 5.22 Å². The van der Waals surface area contributed by atoms with Crippen LogP contribution in [0.2, 0.25) is 0 Å². The molecule has 1 aromatic heterocycles. The van der Waals surface area contributed by atoms with Crippen molar-refractivity contribution in [3.63, 3.8) is 0 Å². The smallest absolute Gasteiger partial charge is 0.277 e. The number of benzene rings is 2. The van der Waals surface area contributed by atoms with E-state index in [4.69, 9.17) is 4.42 Å². The van der Waals surface area contributed by atoms with Gasteiger partial charge in [-0.15, -0.1) is 10.2 Å². The van der Waals surface area contributed by atoms with Gasteiger partial charge in [-0.1, -0.05) is 23.9 Å². The number of aromatic nitrogens is 2. The van der Waals surface area contributed by atoms with Gasteiger partial charge >= 0.3 is 0 Å². The summed E-state index contributed by atoms with van der Waals surface area (Å²) in [4.78, 5) is 12.1. The van der Waals surface area contributed by atoms with Gasteiger partial charge in [-0.05, 0) is 78.1 Å². The first-order chi connectivity index (χ1) is 12.0. The molecule has 0 saturated carbocycles. The lowest BCUT2D eigenvalue weighted by atomic mass is 10.2. The molecule has 5 nitrogen and oxygen atoms in total. The molecular weight excluding hydrogens is 538 g/mol. The standard InChI is InChI=1S/C16H10Br3N3O2S/c17-11-4-2-1-3-10(11)15-21-22-16(24-15)25-8-14(23)20-9-5-6-12(18)13(19)7-9/h1-7H,8H2,(H,20,23). The van der Waals surface area contributed by atoms with Crippen LogP contribution < -0.4 is 5.32 Å². The molecule has 0 aliphatic carbocycles. The molecule has 0 bridgehead atoms. The Labute approximate surface area is 173 Å². The summed E-state index contributed by atoms with van der Waals surface area (Å²) in [5, 5.41) is 11.2. The maximum Gasteiger partial charge on any atom is 0.277 e. The van der Waals surface area contributed by atoms with E-state index in [9.17, 15) is 4.79 Å². The van der Waals surface area contributed by atoms with Crippen LogP contribution in [-0.2, 0) is 4.79 Å². The summed E-state index contributed by atoms with van der Waals surface area (Å²) in [6.45, 7) is 0. The zero-order valence-corrected chi connectivity index (χ0v) is 18.1. The van der Waals surface area contributed by atoms with Gasteiger partial charge in [0.2, 0.25) is 11.8 Å². The second-order valence-electron chi connectivity index (χ2n) is 4.82. The van der Waals surface area contributed by atoms with E-state index in [0.29, 0.717) is 16.8 Å². The minimum Gasteiger partial charge on any atom is -0.411 e. The first kappa shape index (κ1) is 18.6. The van der Waals surface area contributed by atoms with Crippen molar-refractivity contribution in [2.45, 2.75) is 5.22 Å². The van der Waals surface area contributed by atoms with Gasteiger partial charge in [0, 0.05) is 19.1 Å². The lowest BCUT2D eigenvalue weighted by Gasteiger charge is -2.05. The zero-order valence-electron chi connectivity index (χ0n) is 12.5. The number of carbonyl (C=O) groups excluding carboxylic acids is 1. The van der Waals surface area contributed by atoms with Crippen molar-refractivity contribution in [2.24, 2.45) is 0 Å². The maximum atomic E-state index is 12.1. The van der Waals surface area contributed by atoms with E-state index in [1.165, 1.54) is 11.8 Å². The van der Waals surface area contributed by atoms with E-state index in [-0.39, 0.29) is 11.7 Å². The minimum absolute atomic E-state index is 0.153. The molecule has 0 aliphatic rings. The number of halogens is 3. The molecule has 1 amide bonds. The molecule has 0 atom stereocenters. The number of amides is 1. The Balaban J connectivity index is 1.59. The van der Waals surface area contributed by atoms with Crippen LogP contribution in [0.4, 0.5) is 5.69 Å². The van der Waals surface area contributed by atoms with Crippen molar-refractivity contribution in [1.29, 1.82) is 0 Å². The molecular formula is C16H10Br3N3O2S. The van der Waals surface area contributed by atoms with Crippen LogP contribution in [0.1, 0.15) is 0 Å². The molecule has 3 aromatic rings. The minimum atomic E-state index is -0.153. The molecule has 1 heterocycles. The lowest BCUT2D eigenvalue weighted by molar-refractivity contribution is -0.113. The number of carbonyl (C=O) groups is 1. The van der Waals surface area contributed by atoms with Crippen LogP contribution in [-0.4, -0.2) is 21.9 Å². The van der Waals surface area contributed by atoms with E-state index in [2.05, 4.69) is 63.3 Å². The van der Waals surface area contributed by atoms with E-state index in [0.717, 1.165) is 19.0 Å². The van der Waals surface area contributed by atoms with Crippen molar-refractivity contribution < 1.29 is 9.21 Å². The van der Waals surface area contributed by atoms with Crippen molar-refractivity contribution >= 4 is 71.1 Å². The third kappa shape index (κ3) is 4.93. The van der Waals surface area contributed by atoms with Crippen LogP contribution in [0.15, 0.2) is 65.5 Å². The zero-order chi connectivity index (χ0) is 17.8. The Bertz CT molecular complexity index is 917. The summed E-state index contributed by atoms with van der Waals surface area (Å²) in [6.07, 6.45) is 0. The summed E-state index contributed by atoms with van der Waals surface area (Å²) >= 11 is 11.4. The number of anilines is 1. The van der Waals surface area contributed by atoms with Crippen molar-refractivity contribution in [1.82, 2.24) is 10.2 Å². The molecule has 3 rings (SSSR count). The largest absolute Gasteiger partial charge is 0.411 e. The van der Waals surface area contributed by atoms with Crippen LogP contribution in [0.5, 0.6) is 0 Å². The highest BCUT2D eigenvalue weighted by Gasteiger charge is 2.13. The normalized spacial score (nSPS) is 10.7. The summed E-state index contributed by atoms with van der Waals surface area (Å²) in [7, 11) is 0. The third-order valence-corrected chi connectivity index (χ3v) is 6.43. The lowest BCUT2D eigenvalue weighted by Crippen LogP contribution is -2.13. The Hall–Kier alpha value is -1.16. The predicted octanol–water partition coefficient (Wildman–Crippen LogP) is 5.75. The fourth-order valence-electron chi connectivity index (χ4n) is 1.91. The van der Waals surface area contributed by atoms with Crippen LogP contribution >= 0.6 is 59.6 Å². The number of nitrogens with zero attached hydrogens (tertiary/aromatic N) is 2. The Kier molecular flexibility index (Phi) is 6.32. The van der Waals surface area contributed by atoms with Crippen molar-refractivity contribution in [3.05, 3.63) is 55.9 Å². The number of nitrogens with one attached hydrogen (secondary N) is 1. The summed E-state index contributed by atoms with van der Waals surface area (Å²) in [5.41, 5.74) is 1.52. The Morgan fingerprint density at radius 3 is 2.60 bits per heavy atom. The molecule has 0 spiro atoms. The van der Waals surface area contributed by atoms with E-state index in [1.807, 2.05) is 42.5 Å². The van der Waals surface area contributed by atoms with Gasteiger partial charge in [0.15, 0.2) is 0 Å². The molecule has 0 fully saturated rings. The second-order valence-corrected chi connectivity index (χ2v) is 8.31. The average molecular weight is 548 g/mol. The van der Waals surface area contributed by atoms with Gasteiger partial charge in [-0.3, -0.25) is 4.79 Å². The SMILES string of the molecule is O=C(CSc1nnc(-c2ccccc2Br)o1)Nc1ccc(Br)c(Br)c1. The van der Waals surface area contributed by atoms with Gasteiger partial charge in [0.1, 0.15) is 0 Å². The number of thioether (sulfide) groups is 1. The van der Waals surface area contributed by atoms with Gasteiger partial charge < -0.3 is 9.73 Å². The Morgan fingerprint density at radius 2 is 1.84 bits per heavy atom. The quantitative estimate of drug-likeness (QED) is 0.412. The highest BCUT2D eigenvalue weighted by molar-refractivity contribution is 9.13. The van der Waals surface area contributed by atoms with Gasteiger partial charge in [-0.25, -0.2) is 0 Å². The molecule has 128 valence electrons. The molecule has 9 heteroatoms. The Morgan fingerprint density at radius 1 is 1.04 bits per heavy atom. The molecule has 0 aliphatic heterocycles.